The van der Waals surface area contributed by atoms with Gasteiger partial charge < -0.3 is 5.73 Å². The molecule has 0 atom stereocenters. The van der Waals surface area contributed by atoms with E-state index in [2.05, 4.69) is 25.8 Å². The second kappa shape index (κ2) is 3.13. The van der Waals surface area contributed by atoms with Gasteiger partial charge in [-0.15, -0.1) is 0 Å². The standard InChI is InChI=1S/C10H16N2/c1-10(2,3)7-8-4-5-12-9(11)6-8/h4-6H,7H2,1-3H3,(H2,11,12). The van der Waals surface area contributed by atoms with Gasteiger partial charge in [0.05, 0.1) is 0 Å². The van der Waals surface area contributed by atoms with Crippen LogP contribution in [0.15, 0.2) is 18.3 Å². The van der Waals surface area contributed by atoms with Gasteiger partial charge in [-0.3, -0.25) is 0 Å². The normalized spacial score (nSPS) is 11.6. The van der Waals surface area contributed by atoms with Gasteiger partial charge in [0.1, 0.15) is 5.82 Å². The fourth-order valence-corrected chi connectivity index (χ4v) is 1.22. The maximum absolute atomic E-state index is 5.57. The molecule has 12 heavy (non-hydrogen) atoms. The SMILES string of the molecule is CC(C)(C)Cc1ccnc(N)c1. The molecule has 0 aliphatic heterocycles. The molecule has 0 amide bonds. The lowest BCUT2D eigenvalue weighted by molar-refractivity contribution is 0.411. The maximum Gasteiger partial charge on any atom is 0.123 e. The molecule has 2 heteroatoms. The second-order valence-electron chi connectivity index (χ2n) is 4.33. The smallest absolute Gasteiger partial charge is 0.123 e. The first-order valence-corrected chi connectivity index (χ1v) is 4.18. The summed E-state index contributed by atoms with van der Waals surface area (Å²) >= 11 is 0. The van der Waals surface area contributed by atoms with E-state index in [9.17, 15) is 0 Å². The van der Waals surface area contributed by atoms with Gasteiger partial charge in [-0.05, 0) is 29.5 Å². The van der Waals surface area contributed by atoms with E-state index in [4.69, 9.17) is 5.73 Å². The van der Waals surface area contributed by atoms with E-state index >= 15 is 0 Å². The van der Waals surface area contributed by atoms with Crippen molar-refractivity contribution in [2.45, 2.75) is 27.2 Å². The van der Waals surface area contributed by atoms with E-state index in [0.29, 0.717) is 11.2 Å². The fraction of sp³-hybridized carbons (Fsp3) is 0.500. The molecule has 0 aliphatic rings. The third-order valence-electron chi connectivity index (χ3n) is 1.58. The van der Waals surface area contributed by atoms with Gasteiger partial charge >= 0.3 is 0 Å². The Kier molecular flexibility index (Phi) is 2.36. The summed E-state index contributed by atoms with van der Waals surface area (Å²) in [5, 5.41) is 0. The molecule has 0 fully saturated rings. The van der Waals surface area contributed by atoms with Crippen LogP contribution in [0.25, 0.3) is 0 Å². The van der Waals surface area contributed by atoms with Crippen molar-refractivity contribution in [3.05, 3.63) is 23.9 Å². The lowest BCUT2D eigenvalue weighted by atomic mass is 9.88. The zero-order valence-corrected chi connectivity index (χ0v) is 7.96. The van der Waals surface area contributed by atoms with Gasteiger partial charge in [-0.1, -0.05) is 20.8 Å². The first-order valence-electron chi connectivity index (χ1n) is 4.18. The van der Waals surface area contributed by atoms with Crippen molar-refractivity contribution in [2.75, 3.05) is 5.73 Å². The Morgan fingerprint density at radius 2 is 2.08 bits per heavy atom. The maximum atomic E-state index is 5.57. The summed E-state index contributed by atoms with van der Waals surface area (Å²) in [7, 11) is 0. The van der Waals surface area contributed by atoms with Crippen LogP contribution in [0.3, 0.4) is 0 Å². The number of anilines is 1. The number of pyridine rings is 1. The number of aromatic nitrogens is 1. The van der Waals surface area contributed by atoms with Crippen LogP contribution in [0, 0.1) is 5.41 Å². The van der Waals surface area contributed by atoms with Crippen molar-refractivity contribution >= 4 is 5.82 Å². The van der Waals surface area contributed by atoms with Crippen LogP contribution >= 0.6 is 0 Å². The highest BCUT2D eigenvalue weighted by atomic mass is 14.8. The molecule has 0 spiro atoms. The lowest BCUT2D eigenvalue weighted by Gasteiger charge is -2.17. The molecule has 0 saturated carbocycles. The molecular formula is C10H16N2. The number of rotatable bonds is 1. The predicted octanol–water partition coefficient (Wildman–Crippen LogP) is 2.25. The largest absolute Gasteiger partial charge is 0.384 e. The molecule has 66 valence electrons. The topological polar surface area (TPSA) is 38.9 Å². The summed E-state index contributed by atoms with van der Waals surface area (Å²) in [4.78, 5) is 3.95. The molecule has 2 nitrogen and oxygen atoms in total. The zero-order valence-electron chi connectivity index (χ0n) is 7.96. The Balaban J connectivity index is 2.77. The van der Waals surface area contributed by atoms with Crippen LogP contribution in [0.4, 0.5) is 5.82 Å². The first-order chi connectivity index (χ1) is 5.47. The Morgan fingerprint density at radius 1 is 1.42 bits per heavy atom. The van der Waals surface area contributed by atoms with Crippen LogP contribution in [-0.4, -0.2) is 4.98 Å². The minimum absolute atomic E-state index is 0.313. The summed E-state index contributed by atoms with van der Waals surface area (Å²) in [6, 6.07) is 3.95. The molecule has 0 saturated heterocycles. The summed E-state index contributed by atoms with van der Waals surface area (Å²) in [6.45, 7) is 6.64. The Morgan fingerprint density at radius 3 is 2.58 bits per heavy atom. The summed E-state index contributed by atoms with van der Waals surface area (Å²) in [5.74, 6) is 0.608. The van der Waals surface area contributed by atoms with E-state index in [0.717, 1.165) is 6.42 Å². The zero-order chi connectivity index (χ0) is 9.19. The van der Waals surface area contributed by atoms with Crippen LogP contribution in [0.5, 0.6) is 0 Å². The van der Waals surface area contributed by atoms with Gasteiger partial charge in [0.25, 0.3) is 0 Å². The second-order valence-corrected chi connectivity index (χ2v) is 4.33. The number of nitrogens with two attached hydrogens (primary N) is 1. The van der Waals surface area contributed by atoms with Crippen molar-refractivity contribution in [3.8, 4) is 0 Å². The minimum Gasteiger partial charge on any atom is -0.384 e. The van der Waals surface area contributed by atoms with E-state index in [1.807, 2.05) is 12.1 Å². The average molecular weight is 164 g/mol. The van der Waals surface area contributed by atoms with E-state index < -0.39 is 0 Å². The van der Waals surface area contributed by atoms with E-state index in [-0.39, 0.29) is 0 Å². The van der Waals surface area contributed by atoms with Gasteiger partial charge in [0, 0.05) is 6.20 Å². The fourth-order valence-electron chi connectivity index (χ4n) is 1.22. The molecule has 1 aromatic rings. The number of nitrogen functional groups attached to an aromatic ring is 1. The summed E-state index contributed by atoms with van der Waals surface area (Å²) in [6.07, 6.45) is 2.80. The first kappa shape index (κ1) is 9.04. The molecule has 0 aromatic carbocycles. The van der Waals surface area contributed by atoms with E-state index in [1.54, 1.807) is 6.20 Å². The molecule has 0 radical (unpaired) electrons. The highest BCUT2D eigenvalue weighted by Gasteiger charge is 2.10. The van der Waals surface area contributed by atoms with Gasteiger partial charge in [-0.25, -0.2) is 4.98 Å². The van der Waals surface area contributed by atoms with E-state index in [1.165, 1.54) is 5.56 Å². The highest BCUT2D eigenvalue weighted by Crippen LogP contribution is 2.20. The molecule has 0 aliphatic carbocycles. The third kappa shape index (κ3) is 2.91. The highest BCUT2D eigenvalue weighted by molar-refractivity contribution is 5.32. The summed E-state index contributed by atoms with van der Waals surface area (Å²) < 4.78 is 0. The van der Waals surface area contributed by atoms with Crippen molar-refractivity contribution in [1.29, 1.82) is 0 Å². The van der Waals surface area contributed by atoms with Crippen LogP contribution < -0.4 is 5.73 Å². The summed E-state index contributed by atoms with van der Waals surface area (Å²) in [5.41, 5.74) is 7.14. The van der Waals surface area contributed by atoms with Gasteiger partial charge in [0.15, 0.2) is 0 Å². The number of hydrogen-bond donors (Lipinski definition) is 1. The number of hydrogen-bond acceptors (Lipinski definition) is 2. The number of nitrogens with zero attached hydrogens (tertiary/aromatic N) is 1. The predicted molar refractivity (Wildman–Crippen MR) is 51.8 cm³/mol. The van der Waals surface area contributed by atoms with Gasteiger partial charge in [-0.2, -0.15) is 0 Å². The lowest BCUT2D eigenvalue weighted by Crippen LogP contribution is -2.09. The van der Waals surface area contributed by atoms with Crippen molar-refractivity contribution in [2.24, 2.45) is 5.41 Å². The Bertz CT molecular complexity index is 261. The van der Waals surface area contributed by atoms with Crippen LogP contribution in [-0.2, 0) is 6.42 Å². The monoisotopic (exact) mass is 164 g/mol. The molecule has 2 N–H and O–H groups in total. The molecule has 0 bridgehead atoms. The molecular weight excluding hydrogens is 148 g/mol. The van der Waals surface area contributed by atoms with Crippen molar-refractivity contribution in [1.82, 2.24) is 4.98 Å². The van der Waals surface area contributed by atoms with Crippen molar-refractivity contribution in [3.63, 3.8) is 0 Å². The molecule has 1 rings (SSSR count). The van der Waals surface area contributed by atoms with Crippen LogP contribution in [0.1, 0.15) is 26.3 Å². The minimum atomic E-state index is 0.313. The quantitative estimate of drug-likeness (QED) is 0.691. The molecule has 1 aromatic heterocycles. The van der Waals surface area contributed by atoms with Gasteiger partial charge in [0.2, 0.25) is 0 Å². The third-order valence-corrected chi connectivity index (χ3v) is 1.58. The average Bonchev–Trinajstić information content (AvgIpc) is 1.82. The Hall–Kier alpha value is -1.05. The Labute approximate surface area is 73.8 Å². The molecule has 1 heterocycles. The molecule has 0 unspecified atom stereocenters. The van der Waals surface area contributed by atoms with Crippen molar-refractivity contribution < 1.29 is 0 Å². The van der Waals surface area contributed by atoms with Crippen LogP contribution in [0.2, 0.25) is 0 Å².